The van der Waals surface area contributed by atoms with Crippen molar-refractivity contribution in [1.82, 2.24) is 9.21 Å². The summed E-state index contributed by atoms with van der Waals surface area (Å²) < 4.78 is 26.3. The fourth-order valence-corrected chi connectivity index (χ4v) is 4.42. The van der Waals surface area contributed by atoms with E-state index in [4.69, 9.17) is 0 Å². The van der Waals surface area contributed by atoms with Gasteiger partial charge < -0.3 is 4.90 Å². The first-order valence-corrected chi connectivity index (χ1v) is 10.0. The lowest BCUT2D eigenvalue weighted by atomic mass is 9.94. The third-order valence-corrected chi connectivity index (χ3v) is 7.00. The molecule has 0 spiro atoms. The van der Waals surface area contributed by atoms with Crippen LogP contribution in [0.3, 0.4) is 0 Å². The molecule has 0 unspecified atom stereocenters. The summed E-state index contributed by atoms with van der Waals surface area (Å²) in [5, 5.41) is 0. The molecule has 24 heavy (non-hydrogen) atoms. The van der Waals surface area contributed by atoms with Crippen LogP contribution in [0.25, 0.3) is 0 Å². The summed E-state index contributed by atoms with van der Waals surface area (Å²) in [5.41, 5.74) is 0.536. The number of nitrogens with zero attached hydrogens (tertiary/aromatic N) is 2. The second kappa shape index (κ2) is 7.66. The topological polar surface area (TPSA) is 57.7 Å². The van der Waals surface area contributed by atoms with E-state index in [2.05, 4.69) is 0 Å². The van der Waals surface area contributed by atoms with Crippen molar-refractivity contribution in [1.29, 1.82) is 0 Å². The molecule has 1 saturated carbocycles. The van der Waals surface area contributed by atoms with Crippen LogP contribution in [0.2, 0.25) is 0 Å². The molecule has 1 aromatic carbocycles. The molecule has 1 aromatic rings. The molecule has 134 valence electrons. The Balaban J connectivity index is 2.15. The van der Waals surface area contributed by atoms with Gasteiger partial charge >= 0.3 is 0 Å². The SMILES string of the molecule is CC(C)N(C)S(=O)(=O)c1ccc(C(=O)N(C)C2CCCCC2)cc1. The number of benzene rings is 1. The number of sulfonamides is 1. The van der Waals surface area contributed by atoms with Gasteiger partial charge in [-0.05, 0) is 51.0 Å². The first-order chi connectivity index (χ1) is 11.2. The monoisotopic (exact) mass is 352 g/mol. The zero-order valence-corrected chi connectivity index (χ0v) is 15.8. The highest BCUT2D eigenvalue weighted by molar-refractivity contribution is 7.89. The second-order valence-corrected chi connectivity index (χ2v) is 8.84. The van der Waals surface area contributed by atoms with Crippen LogP contribution in [0.15, 0.2) is 29.2 Å². The zero-order valence-electron chi connectivity index (χ0n) is 15.0. The van der Waals surface area contributed by atoms with Crippen LogP contribution < -0.4 is 0 Å². The Bertz CT molecular complexity index is 662. The lowest BCUT2D eigenvalue weighted by molar-refractivity contribution is 0.0696. The summed E-state index contributed by atoms with van der Waals surface area (Å²) in [7, 11) is -0.105. The molecular weight excluding hydrogens is 324 g/mol. The van der Waals surface area contributed by atoms with Gasteiger partial charge in [-0.15, -0.1) is 0 Å². The van der Waals surface area contributed by atoms with Crippen LogP contribution in [-0.4, -0.2) is 49.7 Å². The molecule has 0 radical (unpaired) electrons. The summed E-state index contributed by atoms with van der Waals surface area (Å²) in [4.78, 5) is 14.6. The summed E-state index contributed by atoms with van der Waals surface area (Å²) in [6.07, 6.45) is 5.68. The smallest absolute Gasteiger partial charge is 0.253 e. The number of hydrogen-bond donors (Lipinski definition) is 0. The van der Waals surface area contributed by atoms with Crippen LogP contribution >= 0.6 is 0 Å². The van der Waals surface area contributed by atoms with E-state index in [9.17, 15) is 13.2 Å². The van der Waals surface area contributed by atoms with Crippen LogP contribution in [-0.2, 0) is 10.0 Å². The van der Waals surface area contributed by atoms with Crippen LogP contribution in [0, 0.1) is 0 Å². The van der Waals surface area contributed by atoms with Crippen molar-refractivity contribution in [3.63, 3.8) is 0 Å². The Hall–Kier alpha value is -1.40. The number of hydrogen-bond acceptors (Lipinski definition) is 3. The molecule has 1 amide bonds. The van der Waals surface area contributed by atoms with Crippen molar-refractivity contribution in [2.75, 3.05) is 14.1 Å². The third-order valence-electron chi connectivity index (χ3n) is 4.95. The molecule has 1 aliphatic carbocycles. The number of amides is 1. The minimum atomic E-state index is -3.51. The first-order valence-electron chi connectivity index (χ1n) is 8.60. The van der Waals surface area contributed by atoms with Gasteiger partial charge in [0.15, 0.2) is 0 Å². The van der Waals surface area contributed by atoms with E-state index in [1.54, 1.807) is 19.2 Å². The van der Waals surface area contributed by atoms with Gasteiger partial charge in [0.25, 0.3) is 5.91 Å². The van der Waals surface area contributed by atoms with Crippen molar-refractivity contribution in [3.8, 4) is 0 Å². The minimum Gasteiger partial charge on any atom is -0.339 e. The molecule has 0 heterocycles. The van der Waals surface area contributed by atoms with Crippen LogP contribution in [0.4, 0.5) is 0 Å². The fourth-order valence-electron chi connectivity index (χ4n) is 3.05. The van der Waals surface area contributed by atoms with Crippen LogP contribution in [0.5, 0.6) is 0 Å². The Labute approximate surface area is 145 Å². The van der Waals surface area contributed by atoms with E-state index in [0.717, 1.165) is 12.8 Å². The number of carbonyl (C=O) groups excluding carboxylic acids is 1. The molecule has 0 aromatic heterocycles. The normalized spacial score (nSPS) is 16.6. The summed E-state index contributed by atoms with van der Waals surface area (Å²) >= 11 is 0. The van der Waals surface area contributed by atoms with Gasteiger partial charge in [-0.1, -0.05) is 19.3 Å². The van der Waals surface area contributed by atoms with Crippen molar-refractivity contribution in [3.05, 3.63) is 29.8 Å². The van der Waals surface area contributed by atoms with Gasteiger partial charge in [0.05, 0.1) is 4.90 Å². The molecular formula is C18H28N2O3S. The molecule has 1 fully saturated rings. The predicted molar refractivity (Wildman–Crippen MR) is 95.5 cm³/mol. The van der Waals surface area contributed by atoms with E-state index in [1.807, 2.05) is 25.8 Å². The van der Waals surface area contributed by atoms with E-state index in [0.29, 0.717) is 11.6 Å². The van der Waals surface area contributed by atoms with E-state index >= 15 is 0 Å². The maximum Gasteiger partial charge on any atom is 0.253 e. The summed E-state index contributed by atoms with van der Waals surface area (Å²) in [6.45, 7) is 3.66. The number of carbonyl (C=O) groups is 1. The lowest BCUT2D eigenvalue weighted by Gasteiger charge is -2.31. The van der Waals surface area contributed by atoms with Crippen molar-refractivity contribution < 1.29 is 13.2 Å². The van der Waals surface area contributed by atoms with Gasteiger partial charge in [-0.2, -0.15) is 4.31 Å². The molecule has 1 aliphatic rings. The Morgan fingerprint density at radius 3 is 2.08 bits per heavy atom. The highest BCUT2D eigenvalue weighted by Gasteiger charge is 2.25. The molecule has 0 N–H and O–H groups in total. The molecule has 5 nitrogen and oxygen atoms in total. The largest absolute Gasteiger partial charge is 0.339 e. The Kier molecular flexibility index (Phi) is 6.04. The van der Waals surface area contributed by atoms with Crippen molar-refractivity contribution in [2.24, 2.45) is 0 Å². The molecule has 2 rings (SSSR count). The average Bonchev–Trinajstić information content (AvgIpc) is 2.60. The lowest BCUT2D eigenvalue weighted by Crippen LogP contribution is -2.38. The van der Waals surface area contributed by atoms with Crippen LogP contribution in [0.1, 0.15) is 56.3 Å². The highest BCUT2D eigenvalue weighted by Crippen LogP contribution is 2.23. The molecule has 0 aliphatic heterocycles. The van der Waals surface area contributed by atoms with E-state index in [-0.39, 0.29) is 16.8 Å². The van der Waals surface area contributed by atoms with Crippen molar-refractivity contribution in [2.45, 2.75) is 62.9 Å². The van der Waals surface area contributed by atoms with E-state index in [1.165, 1.54) is 35.7 Å². The minimum absolute atomic E-state index is 0.0388. The standard InChI is InChI=1S/C18H28N2O3S/c1-14(2)20(4)24(22,23)17-12-10-15(11-13-17)18(21)19(3)16-8-6-5-7-9-16/h10-14,16H,5-9H2,1-4H3. The molecule has 0 bridgehead atoms. The molecule has 0 atom stereocenters. The maximum atomic E-state index is 12.6. The Morgan fingerprint density at radius 1 is 1.04 bits per heavy atom. The fraction of sp³-hybridized carbons (Fsp3) is 0.611. The number of rotatable bonds is 5. The van der Waals surface area contributed by atoms with Gasteiger partial charge in [0.1, 0.15) is 0 Å². The zero-order chi connectivity index (χ0) is 17.9. The third kappa shape index (κ3) is 3.98. The van der Waals surface area contributed by atoms with Gasteiger partial charge in [0, 0.05) is 31.7 Å². The predicted octanol–water partition coefficient (Wildman–Crippen LogP) is 3.12. The first kappa shape index (κ1) is 18.9. The van der Waals surface area contributed by atoms with Gasteiger partial charge in [-0.25, -0.2) is 8.42 Å². The highest BCUT2D eigenvalue weighted by atomic mass is 32.2. The maximum absolute atomic E-state index is 12.6. The average molecular weight is 353 g/mol. The van der Waals surface area contributed by atoms with E-state index < -0.39 is 10.0 Å². The van der Waals surface area contributed by atoms with Crippen molar-refractivity contribution >= 4 is 15.9 Å². The van der Waals surface area contributed by atoms with Gasteiger partial charge in [-0.3, -0.25) is 4.79 Å². The summed E-state index contributed by atoms with van der Waals surface area (Å²) in [5.74, 6) is -0.0388. The second-order valence-electron chi connectivity index (χ2n) is 6.85. The summed E-state index contributed by atoms with van der Waals surface area (Å²) in [6, 6.07) is 6.45. The quantitative estimate of drug-likeness (QED) is 0.818. The molecule has 6 heteroatoms. The molecule has 0 saturated heterocycles. The Morgan fingerprint density at radius 2 is 1.58 bits per heavy atom. The van der Waals surface area contributed by atoms with Gasteiger partial charge in [0.2, 0.25) is 10.0 Å².